The number of nitriles is 1. The van der Waals surface area contributed by atoms with E-state index in [0.717, 1.165) is 15.7 Å². The van der Waals surface area contributed by atoms with Crippen LogP contribution in [0.5, 0.6) is 0 Å². The minimum atomic E-state index is 0.451. The highest BCUT2D eigenvalue weighted by molar-refractivity contribution is 9.10. The molecule has 92 valence electrons. The fourth-order valence-electron chi connectivity index (χ4n) is 1.81. The standard InChI is InChI=1S/C13H13BrN4/c1-2-18-13(16)11(8-15)12(17-18)7-9-3-5-10(14)6-4-9/h3-6H,2,7,16H2,1H3. The predicted octanol–water partition coefficient (Wildman–Crippen LogP) is 2.71. The third kappa shape index (κ3) is 2.39. The number of hydrogen-bond donors (Lipinski definition) is 1. The summed E-state index contributed by atoms with van der Waals surface area (Å²) in [6.07, 6.45) is 0.618. The zero-order valence-electron chi connectivity index (χ0n) is 10.0. The summed E-state index contributed by atoms with van der Waals surface area (Å²) in [6, 6.07) is 10.1. The van der Waals surface area contributed by atoms with Crippen LogP contribution in [0.25, 0.3) is 0 Å². The SMILES string of the molecule is CCn1nc(Cc2ccc(Br)cc2)c(C#N)c1N. The van der Waals surface area contributed by atoms with E-state index >= 15 is 0 Å². The van der Waals surface area contributed by atoms with Crippen molar-refractivity contribution in [3.8, 4) is 6.07 Å². The van der Waals surface area contributed by atoms with Crippen LogP contribution in [0.1, 0.15) is 23.7 Å². The maximum Gasteiger partial charge on any atom is 0.140 e. The Morgan fingerprint density at radius 1 is 1.39 bits per heavy atom. The molecule has 0 atom stereocenters. The molecule has 0 saturated carbocycles. The molecule has 0 aliphatic rings. The Labute approximate surface area is 114 Å². The summed E-state index contributed by atoms with van der Waals surface area (Å²) >= 11 is 3.39. The van der Waals surface area contributed by atoms with Crippen LogP contribution >= 0.6 is 15.9 Å². The van der Waals surface area contributed by atoms with E-state index in [-0.39, 0.29) is 0 Å². The summed E-state index contributed by atoms with van der Waals surface area (Å²) in [5.74, 6) is 0.451. The molecule has 18 heavy (non-hydrogen) atoms. The first-order chi connectivity index (χ1) is 8.65. The zero-order chi connectivity index (χ0) is 13.1. The van der Waals surface area contributed by atoms with Crippen LogP contribution < -0.4 is 5.73 Å². The Balaban J connectivity index is 2.34. The van der Waals surface area contributed by atoms with Crippen LogP contribution in [-0.4, -0.2) is 9.78 Å². The van der Waals surface area contributed by atoms with Gasteiger partial charge in [0.05, 0.1) is 5.69 Å². The summed E-state index contributed by atoms with van der Waals surface area (Å²) in [4.78, 5) is 0. The number of halogens is 1. The van der Waals surface area contributed by atoms with Gasteiger partial charge in [-0.2, -0.15) is 10.4 Å². The lowest BCUT2D eigenvalue weighted by molar-refractivity contribution is 0.659. The van der Waals surface area contributed by atoms with Crippen molar-refractivity contribution < 1.29 is 0 Å². The quantitative estimate of drug-likeness (QED) is 0.948. The lowest BCUT2D eigenvalue weighted by atomic mass is 10.1. The molecule has 0 bridgehead atoms. The second kappa shape index (κ2) is 5.23. The number of rotatable bonds is 3. The second-order valence-electron chi connectivity index (χ2n) is 3.94. The van der Waals surface area contributed by atoms with Gasteiger partial charge in [0.15, 0.2) is 0 Å². The van der Waals surface area contributed by atoms with Crippen LogP contribution in [0.2, 0.25) is 0 Å². The van der Waals surface area contributed by atoms with E-state index < -0.39 is 0 Å². The topological polar surface area (TPSA) is 67.6 Å². The van der Waals surface area contributed by atoms with Crippen molar-refractivity contribution in [2.24, 2.45) is 0 Å². The Bertz CT molecular complexity index is 593. The van der Waals surface area contributed by atoms with Crippen molar-refractivity contribution in [3.63, 3.8) is 0 Å². The van der Waals surface area contributed by atoms with Crippen LogP contribution in [-0.2, 0) is 13.0 Å². The lowest BCUT2D eigenvalue weighted by Gasteiger charge is -1.99. The highest BCUT2D eigenvalue weighted by Crippen LogP contribution is 2.20. The molecule has 4 nitrogen and oxygen atoms in total. The molecule has 2 N–H and O–H groups in total. The first-order valence-electron chi connectivity index (χ1n) is 5.65. The molecule has 0 aliphatic carbocycles. The Hall–Kier alpha value is -1.80. The van der Waals surface area contributed by atoms with Crippen molar-refractivity contribution in [1.82, 2.24) is 9.78 Å². The van der Waals surface area contributed by atoms with Crippen molar-refractivity contribution in [2.75, 3.05) is 5.73 Å². The number of benzene rings is 1. The molecule has 5 heteroatoms. The number of aromatic nitrogens is 2. The number of nitrogen functional groups attached to an aromatic ring is 1. The molecule has 0 amide bonds. The van der Waals surface area contributed by atoms with Gasteiger partial charge in [-0.3, -0.25) is 0 Å². The molecule has 0 aliphatic heterocycles. The molecular weight excluding hydrogens is 292 g/mol. The molecule has 1 heterocycles. The minimum absolute atomic E-state index is 0.451. The first kappa shape index (κ1) is 12.7. The monoisotopic (exact) mass is 304 g/mol. The maximum atomic E-state index is 9.14. The van der Waals surface area contributed by atoms with Crippen molar-refractivity contribution in [1.29, 1.82) is 5.26 Å². The summed E-state index contributed by atoms with van der Waals surface area (Å²) in [5.41, 5.74) is 8.20. The van der Waals surface area contributed by atoms with Gasteiger partial charge in [0, 0.05) is 17.4 Å². The summed E-state index contributed by atoms with van der Waals surface area (Å²) < 4.78 is 2.69. The van der Waals surface area contributed by atoms with E-state index in [0.29, 0.717) is 24.3 Å². The predicted molar refractivity (Wildman–Crippen MR) is 74.0 cm³/mol. The number of aryl methyl sites for hydroxylation is 1. The zero-order valence-corrected chi connectivity index (χ0v) is 11.6. The van der Waals surface area contributed by atoms with Gasteiger partial charge in [0.25, 0.3) is 0 Å². The number of hydrogen-bond acceptors (Lipinski definition) is 3. The number of nitrogens with two attached hydrogens (primary N) is 1. The van der Waals surface area contributed by atoms with Crippen LogP contribution in [0.15, 0.2) is 28.7 Å². The van der Waals surface area contributed by atoms with E-state index in [1.807, 2.05) is 31.2 Å². The normalized spacial score (nSPS) is 10.3. The van der Waals surface area contributed by atoms with E-state index in [4.69, 9.17) is 11.0 Å². The minimum Gasteiger partial charge on any atom is -0.383 e. The lowest BCUT2D eigenvalue weighted by Crippen LogP contribution is -2.02. The summed E-state index contributed by atoms with van der Waals surface area (Å²) in [6.45, 7) is 2.62. The van der Waals surface area contributed by atoms with Gasteiger partial charge < -0.3 is 5.73 Å². The average molecular weight is 305 g/mol. The van der Waals surface area contributed by atoms with Crippen molar-refractivity contribution in [3.05, 3.63) is 45.6 Å². The molecule has 2 aromatic rings. The molecular formula is C13H13BrN4. The molecule has 1 aromatic heterocycles. The molecule has 0 radical (unpaired) electrons. The molecule has 0 unspecified atom stereocenters. The smallest absolute Gasteiger partial charge is 0.140 e. The largest absolute Gasteiger partial charge is 0.383 e. The van der Waals surface area contributed by atoms with E-state index in [9.17, 15) is 0 Å². The van der Waals surface area contributed by atoms with Gasteiger partial charge in [0.1, 0.15) is 17.5 Å². The Morgan fingerprint density at radius 3 is 2.61 bits per heavy atom. The summed E-state index contributed by atoms with van der Waals surface area (Å²) in [7, 11) is 0. The fraction of sp³-hybridized carbons (Fsp3) is 0.231. The highest BCUT2D eigenvalue weighted by Gasteiger charge is 2.14. The molecule has 0 saturated heterocycles. The van der Waals surface area contributed by atoms with Crippen LogP contribution in [0.4, 0.5) is 5.82 Å². The molecule has 0 fully saturated rings. The average Bonchev–Trinajstić information content (AvgIpc) is 2.68. The summed E-state index contributed by atoms with van der Waals surface area (Å²) in [5, 5.41) is 13.5. The van der Waals surface area contributed by atoms with E-state index in [1.165, 1.54) is 0 Å². The van der Waals surface area contributed by atoms with Crippen LogP contribution in [0, 0.1) is 11.3 Å². The van der Waals surface area contributed by atoms with Gasteiger partial charge in [0.2, 0.25) is 0 Å². The maximum absolute atomic E-state index is 9.14. The third-order valence-corrected chi connectivity index (χ3v) is 3.29. The Morgan fingerprint density at radius 2 is 2.06 bits per heavy atom. The number of nitrogens with zero attached hydrogens (tertiary/aromatic N) is 3. The number of anilines is 1. The van der Waals surface area contributed by atoms with Gasteiger partial charge in [-0.15, -0.1) is 0 Å². The van der Waals surface area contributed by atoms with E-state index in [1.54, 1.807) is 4.68 Å². The fourth-order valence-corrected chi connectivity index (χ4v) is 2.07. The van der Waals surface area contributed by atoms with Crippen molar-refractivity contribution >= 4 is 21.7 Å². The van der Waals surface area contributed by atoms with Gasteiger partial charge >= 0.3 is 0 Å². The van der Waals surface area contributed by atoms with Gasteiger partial charge in [-0.05, 0) is 24.6 Å². The first-order valence-corrected chi connectivity index (χ1v) is 6.44. The molecule has 2 rings (SSSR count). The highest BCUT2D eigenvalue weighted by atomic mass is 79.9. The van der Waals surface area contributed by atoms with Gasteiger partial charge in [-0.1, -0.05) is 28.1 Å². The van der Waals surface area contributed by atoms with Gasteiger partial charge in [-0.25, -0.2) is 4.68 Å². The van der Waals surface area contributed by atoms with Crippen LogP contribution in [0.3, 0.4) is 0 Å². The molecule has 1 aromatic carbocycles. The molecule has 0 spiro atoms. The van der Waals surface area contributed by atoms with E-state index in [2.05, 4.69) is 27.1 Å². The Kier molecular flexibility index (Phi) is 3.68. The third-order valence-electron chi connectivity index (χ3n) is 2.76. The second-order valence-corrected chi connectivity index (χ2v) is 4.85. The van der Waals surface area contributed by atoms with Crippen molar-refractivity contribution in [2.45, 2.75) is 19.9 Å².